The largest absolute Gasteiger partial charge is 0.301 e. The van der Waals surface area contributed by atoms with E-state index in [1.165, 1.54) is 16.7 Å². The van der Waals surface area contributed by atoms with Crippen LogP contribution in [0.25, 0.3) is 0 Å². The van der Waals surface area contributed by atoms with E-state index in [4.69, 9.17) is 4.84 Å². The van der Waals surface area contributed by atoms with Crippen LogP contribution in [0.5, 0.6) is 0 Å². The molecule has 0 aliphatic carbocycles. The van der Waals surface area contributed by atoms with Crippen LogP contribution in [0, 0.1) is 19.8 Å². The molecule has 1 N–H and O–H groups in total. The Labute approximate surface area is 92.6 Å². The topological polar surface area (TPSA) is 21.3 Å². The van der Waals surface area contributed by atoms with Crippen LogP contribution in [0.4, 0.5) is 0 Å². The smallest absolute Gasteiger partial charge is 0.0705 e. The van der Waals surface area contributed by atoms with Crippen molar-refractivity contribution in [2.24, 2.45) is 5.92 Å². The molecule has 84 valence electrons. The molecule has 1 rings (SSSR count). The minimum absolute atomic E-state index is 0.566. The van der Waals surface area contributed by atoms with Gasteiger partial charge in [-0.25, -0.2) is 0 Å². The molecule has 0 radical (unpaired) electrons. The highest BCUT2D eigenvalue weighted by atomic mass is 16.6. The Morgan fingerprint density at radius 1 is 1.27 bits per heavy atom. The molecule has 0 aliphatic rings. The molecular formula is C13H21NO. The van der Waals surface area contributed by atoms with E-state index in [9.17, 15) is 0 Å². The number of nitrogens with one attached hydrogen (secondary N) is 1. The molecule has 0 heterocycles. The van der Waals surface area contributed by atoms with Crippen molar-refractivity contribution >= 4 is 0 Å². The molecule has 2 nitrogen and oxygen atoms in total. The van der Waals surface area contributed by atoms with Gasteiger partial charge >= 0.3 is 0 Å². The summed E-state index contributed by atoms with van der Waals surface area (Å²) in [6, 6.07) is 6.35. The molecule has 1 aromatic rings. The fourth-order valence-electron chi connectivity index (χ4n) is 1.36. The van der Waals surface area contributed by atoms with Gasteiger partial charge in [-0.2, -0.15) is 5.48 Å². The normalized spacial score (nSPS) is 11.0. The van der Waals surface area contributed by atoms with Gasteiger partial charge in [0.1, 0.15) is 0 Å². The molecule has 0 bridgehead atoms. The molecule has 0 fully saturated rings. The maximum atomic E-state index is 5.34. The summed E-state index contributed by atoms with van der Waals surface area (Å²) in [6.07, 6.45) is 0. The predicted molar refractivity (Wildman–Crippen MR) is 63.5 cm³/mol. The fraction of sp³-hybridized carbons (Fsp3) is 0.538. The van der Waals surface area contributed by atoms with Gasteiger partial charge in [0.15, 0.2) is 0 Å². The maximum Gasteiger partial charge on any atom is 0.0705 e. The van der Waals surface area contributed by atoms with Crippen molar-refractivity contribution in [1.29, 1.82) is 0 Å². The van der Waals surface area contributed by atoms with E-state index in [-0.39, 0.29) is 0 Å². The summed E-state index contributed by atoms with van der Waals surface area (Å²) in [6.45, 7) is 10.1. The molecule has 15 heavy (non-hydrogen) atoms. The van der Waals surface area contributed by atoms with Crippen LogP contribution in [-0.2, 0) is 11.4 Å². The summed E-state index contributed by atoms with van der Waals surface area (Å²) in [4.78, 5) is 5.34. The molecule has 0 spiro atoms. The van der Waals surface area contributed by atoms with Gasteiger partial charge in [0.25, 0.3) is 0 Å². The summed E-state index contributed by atoms with van der Waals surface area (Å²) >= 11 is 0. The SMILES string of the molecule is Cc1cccc(CNOCC(C)C)c1C. The highest BCUT2D eigenvalue weighted by Crippen LogP contribution is 2.12. The quantitative estimate of drug-likeness (QED) is 0.592. The third-order valence-electron chi connectivity index (χ3n) is 2.50. The molecule has 0 unspecified atom stereocenters. The van der Waals surface area contributed by atoms with Crippen LogP contribution in [0.15, 0.2) is 18.2 Å². The first-order chi connectivity index (χ1) is 7.11. The number of hydroxylamine groups is 1. The third-order valence-corrected chi connectivity index (χ3v) is 2.50. The average Bonchev–Trinajstić information content (AvgIpc) is 2.18. The Bertz CT molecular complexity index is 307. The number of hydrogen-bond donors (Lipinski definition) is 1. The van der Waals surface area contributed by atoms with Crippen molar-refractivity contribution in [3.05, 3.63) is 34.9 Å². The molecule has 0 atom stereocenters. The lowest BCUT2D eigenvalue weighted by molar-refractivity contribution is 0.0195. The van der Waals surface area contributed by atoms with Gasteiger partial charge in [-0.1, -0.05) is 32.0 Å². The van der Waals surface area contributed by atoms with E-state index in [1.807, 2.05) is 0 Å². The van der Waals surface area contributed by atoms with Gasteiger partial charge in [0.05, 0.1) is 6.61 Å². The first-order valence-electron chi connectivity index (χ1n) is 5.51. The van der Waals surface area contributed by atoms with E-state index >= 15 is 0 Å². The molecular weight excluding hydrogens is 186 g/mol. The molecule has 0 saturated heterocycles. The summed E-state index contributed by atoms with van der Waals surface area (Å²) < 4.78 is 0. The lowest BCUT2D eigenvalue weighted by Gasteiger charge is -2.11. The number of aryl methyl sites for hydroxylation is 1. The van der Waals surface area contributed by atoms with Gasteiger partial charge in [-0.3, -0.25) is 0 Å². The fourth-order valence-corrected chi connectivity index (χ4v) is 1.36. The molecule has 0 amide bonds. The number of rotatable bonds is 5. The van der Waals surface area contributed by atoms with E-state index in [2.05, 4.69) is 51.4 Å². The second-order valence-electron chi connectivity index (χ2n) is 4.38. The molecule has 0 aromatic heterocycles. The second-order valence-corrected chi connectivity index (χ2v) is 4.38. The van der Waals surface area contributed by atoms with E-state index < -0.39 is 0 Å². The van der Waals surface area contributed by atoms with Gasteiger partial charge in [-0.05, 0) is 36.5 Å². The zero-order valence-electron chi connectivity index (χ0n) is 10.1. The highest BCUT2D eigenvalue weighted by Gasteiger charge is 2.00. The first kappa shape index (κ1) is 12.2. The van der Waals surface area contributed by atoms with Crippen molar-refractivity contribution in [3.63, 3.8) is 0 Å². The first-order valence-corrected chi connectivity index (χ1v) is 5.51. The van der Waals surface area contributed by atoms with Crippen LogP contribution in [0.2, 0.25) is 0 Å². The van der Waals surface area contributed by atoms with Crippen LogP contribution in [0.1, 0.15) is 30.5 Å². The van der Waals surface area contributed by atoms with Crippen molar-refractivity contribution in [2.75, 3.05) is 6.61 Å². The third kappa shape index (κ3) is 4.02. The highest BCUT2D eigenvalue weighted by molar-refractivity contribution is 5.32. The standard InChI is InChI=1S/C13H21NO/c1-10(2)9-15-14-8-13-7-5-6-11(3)12(13)4/h5-7,10,14H,8-9H2,1-4H3. The van der Waals surface area contributed by atoms with Crippen molar-refractivity contribution in [1.82, 2.24) is 5.48 Å². The van der Waals surface area contributed by atoms with Crippen LogP contribution >= 0.6 is 0 Å². The summed E-state index contributed by atoms with van der Waals surface area (Å²) in [5.74, 6) is 0.566. The zero-order chi connectivity index (χ0) is 11.3. The van der Waals surface area contributed by atoms with E-state index in [1.54, 1.807) is 0 Å². The summed E-state index contributed by atoms with van der Waals surface area (Å²) in [5, 5.41) is 0. The van der Waals surface area contributed by atoms with Crippen LogP contribution in [0.3, 0.4) is 0 Å². The van der Waals surface area contributed by atoms with Gasteiger partial charge in [0.2, 0.25) is 0 Å². The minimum Gasteiger partial charge on any atom is -0.301 e. The van der Waals surface area contributed by atoms with Gasteiger partial charge in [0, 0.05) is 6.54 Å². The van der Waals surface area contributed by atoms with Gasteiger partial charge in [-0.15, -0.1) is 0 Å². The van der Waals surface area contributed by atoms with E-state index in [0.717, 1.165) is 13.2 Å². The van der Waals surface area contributed by atoms with Crippen molar-refractivity contribution < 1.29 is 4.84 Å². The Morgan fingerprint density at radius 3 is 2.67 bits per heavy atom. The zero-order valence-corrected chi connectivity index (χ0v) is 10.1. The Kier molecular flexibility index (Phi) is 4.79. The Hall–Kier alpha value is -0.860. The minimum atomic E-state index is 0.566. The Balaban J connectivity index is 2.41. The number of benzene rings is 1. The van der Waals surface area contributed by atoms with Gasteiger partial charge < -0.3 is 4.84 Å². The maximum absolute atomic E-state index is 5.34. The molecule has 0 saturated carbocycles. The predicted octanol–water partition coefficient (Wildman–Crippen LogP) is 2.98. The molecule has 1 aromatic carbocycles. The van der Waals surface area contributed by atoms with Crippen LogP contribution in [-0.4, -0.2) is 6.61 Å². The molecule has 2 heteroatoms. The Morgan fingerprint density at radius 2 is 2.00 bits per heavy atom. The van der Waals surface area contributed by atoms with Crippen molar-refractivity contribution in [3.8, 4) is 0 Å². The lowest BCUT2D eigenvalue weighted by atomic mass is 10.0. The monoisotopic (exact) mass is 207 g/mol. The number of hydrogen-bond acceptors (Lipinski definition) is 2. The summed E-state index contributed by atoms with van der Waals surface area (Å²) in [7, 11) is 0. The average molecular weight is 207 g/mol. The van der Waals surface area contributed by atoms with E-state index in [0.29, 0.717) is 5.92 Å². The molecule has 0 aliphatic heterocycles. The summed E-state index contributed by atoms with van der Waals surface area (Å²) in [5.41, 5.74) is 6.98. The van der Waals surface area contributed by atoms with Crippen LogP contribution < -0.4 is 5.48 Å². The van der Waals surface area contributed by atoms with Crippen molar-refractivity contribution in [2.45, 2.75) is 34.2 Å². The lowest BCUT2D eigenvalue weighted by Crippen LogP contribution is -2.18. The second kappa shape index (κ2) is 5.89.